The summed E-state index contributed by atoms with van der Waals surface area (Å²) in [6.45, 7) is 4.10. The standard InChI is InChI=1S/C29H31N5O4S/c1-32-12-14-34(15-13-32)18-25(35)33(2)21-9-7-20(8-10-21)30-27(24-5-4-16-39-24)26-22-11-6-19(29(37)38-3)17-23(22)31-28(26)36/h4-11,16-17,31,36H,12-15,18H2,1-3H3. The monoisotopic (exact) mass is 545 g/mol. The van der Waals surface area contributed by atoms with Crippen molar-refractivity contribution >= 4 is 51.2 Å². The Hall–Kier alpha value is -3.99. The Bertz CT molecular complexity index is 1500. The van der Waals surface area contributed by atoms with Crippen LogP contribution in [-0.2, 0) is 9.53 Å². The number of nitrogens with one attached hydrogen (secondary N) is 1. The Morgan fingerprint density at radius 3 is 2.51 bits per heavy atom. The van der Waals surface area contributed by atoms with Crippen molar-refractivity contribution in [2.45, 2.75) is 0 Å². The number of aromatic amines is 1. The summed E-state index contributed by atoms with van der Waals surface area (Å²) in [7, 11) is 5.22. The third-order valence-electron chi connectivity index (χ3n) is 7.00. The van der Waals surface area contributed by atoms with Gasteiger partial charge in [-0.3, -0.25) is 9.69 Å². The lowest BCUT2D eigenvalue weighted by Crippen LogP contribution is -2.48. The van der Waals surface area contributed by atoms with Crippen LogP contribution in [0.5, 0.6) is 5.88 Å². The average molecular weight is 546 g/mol. The van der Waals surface area contributed by atoms with Crippen molar-refractivity contribution in [2.24, 2.45) is 4.99 Å². The van der Waals surface area contributed by atoms with Gasteiger partial charge in [-0.15, -0.1) is 11.3 Å². The highest BCUT2D eigenvalue weighted by atomic mass is 32.1. The molecule has 1 fully saturated rings. The van der Waals surface area contributed by atoms with Crippen LogP contribution in [0, 0.1) is 0 Å². The van der Waals surface area contributed by atoms with Gasteiger partial charge in [-0.2, -0.15) is 0 Å². The van der Waals surface area contributed by atoms with Crippen molar-refractivity contribution in [1.82, 2.24) is 14.8 Å². The van der Waals surface area contributed by atoms with Crippen LogP contribution < -0.4 is 4.90 Å². The molecule has 0 bridgehead atoms. The summed E-state index contributed by atoms with van der Waals surface area (Å²) in [5.74, 6) is -0.443. The molecule has 2 aromatic heterocycles. The fraction of sp³-hybridized carbons (Fsp3) is 0.276. The van der Waals surface area contributed by atoms with E-state index in [1.54, 1.807) is 30.1 Å². The van der Waals surface area contributed by atoms with Gasteiger partial charge in [0.1, 0.15) is 0 Å². The summed E-state index contributed by atoms with van der Waals surface area (Å²) in [6.07, 6.45) is 0. The van der Waals surface area contributed by atoms with Crippen molar-refractivity contribution in [3.8, 4) is 5.88 Å². The number of aromatic hydroxyl groups is 1. The van der Waals surface area contributed by atoms with E-state index in [1.165, 1.54) is 18.4 Å². The molecule has 202 valence electrons. The van der Waals surface area contributed by atoms with Crippen molar-refractivity contribution in [3.05, 3.63) is 76.0 Å². The number of nitrogens with zero attached hydrogens (tertiary/aromatic N) is 4. The molecule has 3 heterocycles. The predicted octanol–water partition coefficient (Wildman–Crippen LogP) is 4.10. The predicted molar refractivity (Wildman–Crippen MR) is 155 cm³/mol. The van der Waals surface area contributed by atoms with Crippen LogP contribution in [0.1, 0.15) is 20.8 Å². The second kappa shape index (κ2) is 11.4. The largest absolute Gasteiger partial charge is 0.494 e. The topological polar surface area (TPSA) is 101 Å². The Morgan fingerprint density at radius 2 is 1.85 bits per heavy atom. The van der Waals surface area contributed by atoms with Crippen LogP contribution in [0.4, 0.5) is 11.4 Å². The van der Waals surface area contributed by atoms with E-state index >= 15 is 0 Å². The third kappa shape index (κ3) is 5.73. The number of carbonyl (C=O) groups excluding carboxylic acids is 2. The van der Waals surface area contributed by atoms with Gasteiger partial charge in [0.2, 0.25) is 5.91 Å². The normalized spacial score (nSPS) is 15.0. The van der Waals surface area contributed by atoms with E-state index in [0.29, 0.717) is 34.6 Å². The Morgan fingerprint density at radius 1 is 1.10 bits per heavy atom. The molecule has 0 saturated carbocycles. The van der Waals surface area contributed by atoms with Crippen LogP contribution in [0.25, 0.3) is 10.9 Å². The zero-order valence-corrected chi connectivity index (χ0v) is 23.0. The van der Waals surface area contributed by atoms with E-state index in [0.717, 1.165) is 42.1 Å². The average Bonchev–Trinajstić information content (AvgIpc) is 3.60. The van der Waals surface area contributed by atoms with Crippen LogP contribution in [0.2, 0.25) is 0 Å². The van der Waals surface area contributed by atoms with Gasteiger partial charge in [0.25, 0.3) is 0 Å². The molecule has 0 spiro atoms. The molecule has 0 aliphatic carbocycles. The first-order chi connectivity index (χ1) is 18.8. The smallest absolute Gasteiger partial charge is 0.337 e. The fourth-order valence-electron chi connectivity index (χ4n) is 4.64. The second-order valence-electron chi connectivity index (χ2n) is 9.59. The number of likely N-dealkylation sites (N-methyl/N-ethyl adjacent to an activating group) is 2. The molecule has 0 radical (unpaired) electrons. The molecule has 2 N–H and O–H groups in total. The lowest BCUT2D eigenvalue weighted by molar-refractivity contribution is -0.119. The number of aromatic nitrogens is 1. The molecule has 1 amide bonds. The number of anilines is 1. The molecule has 1 aliphatic rings. The van der Waals surface area contributed by atoms with E-state index < -0.39 is 5.97 Å². The Balaban J connectivity index is 1.42. The zero-order valence-electron chi connectivity index (χ0n) is 22.2. The minimum atomic E-state index is -0.452. The number of fused-ring (bicyclic) bond motifs is 1. The first-order valence-corrected chi connectivity index (χ1v) is 13.6. The number of methoxy groups -OCH3 is 1. The molecule has 4 aromatic rings. The number of aliphatic imine (C=N–C) groups is 1. The molecule has 9 nitrogen and oxygen atoms in total. The van der Waals surface area contributed by atoms with Crippen LogP contribution >= 0.6 is 11.3 Å². The van der Waals surface area contributed by atoms with Gasteiger partial charge < -0.3 is 24.6 Å². The minimum Gasteiger partial charge on any atom is -0.494 e. The number of hydrogen-bond acceptors (Lipinski definition) is 8. The maximum Gasteiger partial charge on any atom is 0.337 e. The molecule has 10 heteroatoms. The SMILES string of the molecule is COC(=O)c1ccc2c(C(=Nc3ccc(N(C)C(=O)CN4CCN(C)CC4)cc3)c3cccs3)c(O)[nH]c2c1. The molecule has 5 rings (SSSR count). The summed E-state index contributed by atoms with van der Waals surface area (Å²) in [5.41, 5.74) is 3.61. The van der Waals surface area contributed by atoms with Gasteiger partial charge in [-0.05, 0) is 54.9 Å². The summed E-state index contributed by atoms with van der Waals surface area (Å²) < 4.78 is 4.82. The van der Waals surface area contributed by atoms with E-state index in [9.17, 15) is 14.7 Å². The maximum absolute atomic E-state index is 12.9. The number of H-pyrrole nitrogens is 1. The highest BCUT2D eigenvalue weighted by molar-refractivity contribution is 7.12. The van der Waals surface area contributed by atoms with Crippen molar-refractivity contribution in [1.29, 1.82) is 0 Å². The molecular formula is C29H31N5O4S. The number of hydrogen-bond donors (Lipinski definition) is 2. The number of carbonyl (C=O) groups is 2. The fourth-order valence-corrected chi connectivity index (χ4v) is 5.36. The van der Waals surface area contributed by atoms with Crippen LogP contribution in [-0.4, -0.2) is 91.4 Å². The summed E-state index contributed by atoms with van der Waals surface area (Å²) >= 11 is 1.52. The highest BCUT2D eigenvalue weighted by Gasteiger charge is 2.22. The van der Waals surface area contributed by atoms with E-state index in [1.807, 2.05) is 41.8 Å². The number of rotatable bonds is 7. The highest BCUT2D eigenvalue weighted by Crippen LogP contribution is 2.33. The minimum absolute atomic E-state index is 0.0370. The van der Waals surface area contributed by atoms with Gasteiger partial charge in [0.05, 0.1) is 41.1 Å². The molecule has 1 saturated heterocycles. The second-order valence-corrected chi connectivity index (χ2v) is 10.5. The van der Waals surface area contributed by atoms with Crippen molar-refractivity contribution in [2.75, 3.05) is 58.8 Å². The summed E-state index contributed by atoms with van der Waals surface area (Å²) in [5, 5.41) is 13.6. The first-order valence-electron chi connectivity index (χ1n) is 12.7. The molecular weight excluding hydrogens is 514 g/mol. The third-order valence-corrected chi connectivity index (χ3v) is 7.87. The zero-order chi connectivity index (χ0) is 27.5. The maximum atomic E-state index is 12.9. The van der Waals surface area contributed by atoms with E-state index in [4.69, 9.17) is 9.73 Å². The van der Waals surface area contributed by atoms with Crippen LogP contribution in [0.15, 0.2) is 65.0 Å². The molecule has 2 aromatic carbocycles. The number of ether oxygens (including phenoxy) is 1. The quantitative estimate of drug-likeness (QED) is 0.268. The molecule has 1 aliphatic heterocycles. The molecule has 0 unspecified atom stereocenters. The number of thiophene rings is 1. The summed E-state index contributed by atoms with van der Waals surface area (Å²) in [4.78, 5) is 39.8. The first kappa shape index (κ1) is 26.6. The number of benzene rings is 2. The lowest BCUT2D eigenvalue weighted by atomic mass is 10.0. The van der Waals surface area contributed by atoms with Gasteiger partial charge in [0.15, 0.2) is 5.88 Å². The Labute approximate surface area is 230 Å². The van der Waals surface area contributed by atoms with Crippen molar-refractivity contribution in [3.63, 3.8) is 0 Å². The lowest BCUT2D eigenvalue weighted by Gasteiger charge is -2.32. The summed E-state index contributed by atoms with van der Waals surface area (Å²) in [6, 6.07) is 16.5. The Kier molecular flexibility index (Phi) is 7.78. The van der Waals surface area contributed by atoms with E-state index in [-0.39, 0.29) is 11.8 Å². The van der Waals surface area contributed by atoms with Crippen molar-refractivity contribution < 1.29 is 19.4 Å². The van der Waals surface area contributed by atoms with Gasteiger partial charge >= 0.3 is 5.97 Å². The number of amides is 1. The molecule has 39 heavy (non-hydrogen) atoms. The van der Waals surface area contributed by atoms with Crippen LogP contribution in [0.3, 0.4) is 0 Å². The number of piperazine rings is 1. The number of esters is 1. The van der Waals surface area contributed by atoms with Gasteiger partial charge in [-0.25, -0.2) is 9.79 Å². The molecule has 0 atom stereocenters. The van der Waals surface area contributed by atoms with Gasteiger partial charge in [-0.1, -0.05) is 12.1 Å². The van der Waals surface area contributed by atoms with E-state index in [2.05, 4.69) is 21.8 Å². The van der Waals surface area contributed by atoms with Gasteiger partial charge in [0, 0.05) is 49.8 Å².